The second kappa shape index (κ2) is 8.44. The molecule has 0 aromatic heterocycles. The van der Waals surface area contributed by atoms with Crippen molar-refractivity contribution in [2.75, 3.05) is 0 Å². The Morgan fingerprint density at radius 2 is 1.74 bits per heavy atom. The van der Waals surface area contributed by atoms with Crippen LogP contribution >= 0.6 is 0 Å². The van der Waals surface area contributed by atoms with E-state index in [4.69, 9.17) is 9.47 Å². The Hall–Kier alpha value is -3.22. The van der Waals surface area contributed by atoms with Gasteiger partial charge in [-0.15, -0.1) is 0 Å². The lowest BCUT2D eigenvalue weighted by atomic mass is 10.1. The highest BCUT2D eigenvalue weighted by Gasteiger charge is 2.33. The monoisotopic (exact) mass is 369 g/mol. The molecule has 0 N–H and O–H groups in total. The van der Waals surface area contributed by atoms with E-state index in [0.717, 1.165) is 5.56 Å². The lowest BCUT2D eigenvalue weighted by Crippen LogP contribution is -2.19. The van der Waals surface area contributed by atoms with E-state index in [1.54, 1.807) is 0 Å². The molecule has 1 aliphatic rings. The zero-order valence-electron chi connectivity index (χ0n) is 14.6. The summed E-state index contributed by atoms with van der Waals surface area (Å²) in [6.45, 7) is 0.226. The van der Waals surface area contributed by atoms with Gasteiger partial charge in [0.05, 0.1) is 16.4 Å². The third-order valence-electron chi connectivity index (χ3n) is 4.53. The average molecular weight is 369 g/mol. The van der Waals surface area contributed by atoms with E-state index < -0.39 is 10.9 Å². The van der Waals surface area contributed by atoms with E-state index in [-0.39, 0.29) is 35.8 Å². The lowest BCUT2D eigenvalue weighted by molar-refractivity contribution is -0.384. The molecule has 0 bridgehead atoms. The molecule has 27 heavy (non-hydrogen) atoms. The molecule has 1 fully saturated rings. The largest absolute Gasteiger partial charge is 0.461 e. The Labute approximate surface area is 156 Å². The fraction of sp³-hybridized carbons (Fsp3) is 0.300. The molecule has 0 amide bonds. The van der Waals surface area contributed by atoms with E-state index in [0.29, 0.717) is 19.3 Å². The van der Waals surface area contributed by atoms with Crippen LogP contribution in [0.5, 0.6) is 0 Å². The number of carbonyl (C=O) groups is 2. The third-order valence-corrected chi connectivity index (χ3v) is 4.53. The fourth-order valence-corrected chi connectivity index (χ4v) is 3.05. The van der Waals surface area contributed by atoms with Crippen molar-refractivity contribution in [3.8, 4) is 0 Å². The highest BCUT2D eigenvalue weighted by Crippen LogP contribution is 2.30. The van der Waals surface area contributed by atoms with Crippen molar-refractivity contribution in [3.05, 3.63) is 75.8 Å². The first-order valence-electron chi connectivity index (χ1n) is 8.69. The van der Waals surface area contributed by atoms with Gasteiger partial charge in [-0.2, -0.15) is 0 Å². The number of nitro groups is 1. The molecule has 2 atom stereocenters. The molecule has 0 saturated heterocycles. The van der Waals surface area contributed by atoms with E-state index in [1.807, 2.05) is 30.3 Å². The second-order valence-electron chi connectivity index (χ2n) is 6.43. The molecule has 2 unspecified atom stereocenters. The SMILES string of the molecule is O=C(OC1CCC(C(=O)OCc2ccccc2)C1)c1ccc([N+](=O)[O-])cc1. The molecule has 7 heteroatoms. The van der Waals surface area contributed by atoms with Crippen LogP contribution in [0.3, 0.4) is 0 Å². The van der Waals surface area contributed by atoms with Gasteiger partial charge in [0.1, 0.15) is 12.7 Å². The minimum Gasteiger partial charge on any atom is -0.461 e. The summed E-state index contributed by atoms with van der Waals surface area (Å²) in [7, 11) is 0. The van der Waals surface area contributed by atoms with Gasteiger partial charge in [0.2, 0.25) is 0 Å². The summed E-state index contributed by atoms with van der Waals surface area (Å²) in [5.41, 5.74) is 1.08. The van der Waals surface area contributed by atoms with Crippen LogP contribution in [0, 0.1) is 16.0 Å². The summed E-state index contributed by atoms with van der Waals surface area (Å²) in [5, 5.41) is 10.7. The Morgan fingerprint density at radius 1 is 1.04 bits per heavy atom. The van der Waals surface area contributed by atoms with Crippen molar-refractivity contribution >= 4 is 17.6 Å². The van der Waals surface area contributed by atoms with Crippen molar-refractivity contribution in [2.45, 2.75) is 32.0 Å². The number of hydrogen-bond acceptors (Lipinski definition) is 6. The van der Waals surface area contributed by atoms with E-state index in [9.17, 15) is 19.7 Å². The molecule has 0 aliphatic heterocycles. The zero-order chi connectivity index (χ0) is 19.2. The van der Waals surface area contributed by atoms with Crippen molar-refractivity contribution in [1.82, 2.24) is 0 Å². The molecule has 2 aromatic carbocycles. The number of nitro benzene ring substituents is 1. The Balaban J connectivity index is 1.48. The molecule has 140 valence electrons. The van der Waals surface area contributed by atoms with Crippen molar-refractivity contribution in [3.63, 3.8) is 0 Å². The van der Waals surface area contributed by atoms with E-state index >= 15 is 0 Å². The van der Waals surface area contributed by atoms with Crippen LogP contribution in [-0.4, -0.2) is 23.0 Å². The Kier molecular flexibility index (Phi) is 5.80. The lowest BCUT2D eigenvalue weighted by Gasteiger charge is -2.13. The van der Waals surface area contributed by atoms with Gasteiger partial charge in [0, 0.05) is 12.1 Å². The number of non-ortho nitro benzene ring substituents is 1. The van der Waals surface area contributed by atoms with Gasteiger partial charge >= 0.3 is 11.9 Å². The van der Waals surface area contributed by atoms with Crippen molar-refractivity contribution in [1.29, 1.82) is 0 Å². The molecular weight excluding hydrogens is 350 g/mol. The fourth-order valence-electron chi connectivity index (χ4n) is 3.05. The summed E-state index contributed by atoms with van der Waals surface area (Å²) in [4.78, 5) is 34.5. The Morgan fingerprint density at radius 3 is 2.41 bits per heavy atom. The summed E-state index contributed by atoms with van der Waals surface area (Å²) in [6.07, 6.45) is 1.25. The number of esters is 2. The number of rotatable bonds is 6. The highest BCUT2D eigenvalue weighted by atomic mass is 16.6. The topological polar surface area (TPSA) is 95.7 Å². The molecule has 0 heterocycles. The molecule has 1 aliphatic carbocycles. The first-order chi connectivity index (χ1) is 13.0. The molecular formula is C20H19NO6. The molecule has 7 nitrogen and oxygen atoms in total. The van der Waals surface area contributed by atoms with E-state index in [2.05, 4.69) is 0 Å². The molecule has 2 aromatic rings. The van der Waals surface area contributed by atoms with Crippen LogP contribution < -0.4 is 0 Å². The van der Waals surface area contributed by atoms with Crippen LogP contribution in [0.25, 0.3) is 0 Å². The van der Waals surface area contributed by atoms with Crippen LogP contribution in [-0.2, 0) is 20.9 Å². The van der Waals surface area contributed by atoms with Gasteiger partial charge in [0.15, 0.2) is 0 Å². The van der Waals surface area contributed by atoms with Crippen molar-refractivity contribution < 1.29 is 24.0 Å². The van der Waals surface area contributed by atoms with Crippen molar-refractivity contribution in [2.24, 2.45) is 5.92 Å². The maximum atomic E-state index is 12.2. The smallest absolute Gasteiger partial charge is 0.338 e. The second-order valence-corrected chi connectivity index (χ2v) is 6.43. The molecule has 0 spiro atoms. The van der Waals surface area contributed by atoms with Crippen LogP contribution in [0.1, 0.15) is 35.2 Å². The maximum absolute atomic E-state index is 12.2. The van der Waals surface area contributed by atoms with Gasteiger partial charge < -0.3 is 9.47 Å². The molecule has 3 rings (SSSR count). The van der Waals surface area contributed by atoms with Gasteiger partial charge in [0.25, 0.3) is 5.69 Å². The normalized spacial score (nSPS) is 18.7. The molecule has 0 radical (unpaired) electrons. The van der Waals surface area contributed by atoms with Gasteiger partial charge in [-0.25, -0.2) is 4.79 Å². The summed E-state index contributed by atoms with van der Waals surface area (Å²) in [6, 6.07) is 14.7. The third kappa shape index (κ3) is 4.91. The first kappa shape index (κ1) is 18.6. The van der Waals surface area contributed by atoms with Gasteiger partial charge in [-0.3, -0.25) is 14.9 Å². The van der Waals surface area contributed by atoms with E-state index in [1.165, 1.54) is 24.3 Å². The minimum atomic E-state index is -0.548. The first-order valence-corrected chi connectivity index (χ1v) is 8.69. The zero-order valence-corrected chi connectivity index (χ0v) is 14.6. The quantitative estimate of drug-likeness (QED) is 0.438. The van der Waals surface area contributed by atoms with Crippen LogP contribution in [0.2, 0.25) is 0 Å². The number of ether oxygens (including phenoxy) is 2. The summed E-state index contributed by atoms with van der Waals surface area (Å²) >= 11 is 0. The number of hydrogen-bond donors (Lipinski definition) is 0. The van der Waals surface area contributed by atoms with Gasteiger partial charge in [-0.05, 0) is 37.0 Å². The van der Waals surface area contributed by atoms with Crippen LogP contribution in [0.15, 0.2) is 54.6 Å². The number of benzene rings is 2. The average Bonchev–Trinajstić information content (AvgIpc) is 3.15. The predicted octanol–water partition coefficient (Wildman–Crippen LogP) is 3.66. The number of carbonyl (C=O) groups excluding carboxylic acids is 2. The summed E-state index contributed by atoms with van der Waals surface area (Å²) < 4.78 is 10.8. The van der Waals surface area contributed by atoms with Crippen LogP contribution in [0.4, 0.5) is 5.69 Å². The maximum Gasteiger partial charge on any atom is 0.338 e. The van der Waals surface area contributed by atoms with Gasteiger partial charge in [-0.1, -0.05) is 30.3 Å². The summed E-state index contributed by atoms with van der Waals surface area (Å²) in [5.74, 6) is -1.12. The number of nitrogens with zero attached hydrogens (tertiary/aromatic N) is 1. The molecule has 1 saturated carbocycles. The minimum absolute atomic E-state index is 0.0892. The highest BCUT2D eigenvalue weighted by molar-refractivity contribution is 5.89. The predicted molar refractivity (Wildman–Crippen MR) is 95.9 cm³/mol. The Bertz CT molecular complexity index is 818. The standard InChI is InChI=1S/C20H19NO6/c22-19(26-13-14-4-2-1-3-5-14)16-8-11-18(12-16)27-20(23)15-6-9-17(10-7-15)21(24)25/h1-7,9-10,16,18H,8,11-13H2.